The van der Waals surface area contributed by atoms with Crippen molar-refractivity contribution < 1.29 is 41.0 Å². The van der Waals surface area contributed by atoms with E-state index in [2.05, 4.69) is 15.6 Å². The average Bonchev–Trinajstić information content (AvgIpc) is 2.84. The van der Waals surface area contributed by atoms with Gasteiger partial charge in [0.15, 0.2) is 13.2 Å². The van der Waals surface area contributed by atoms with E-state index in [1.807, 2.05) is 0 Å². The highest BCUT2D eigenvalue weighted by molar-refractivity contribution is 6.30. The van der Waals surface area contributed by atoms with Crippen LogP contribution in [0.2, 0.25) is 5.02 Å². The molecular formula is C24H23ClF5N3O4. The Labute approximate surface area is 213 Å². The van der Waals surface area contributed by atoms with Crippen molar-refractivity contribution in [3.05, 3.63) is 53.1 Å². The highest BCUT2D eigenvalue weighted by Gasteiger charge is 2.56. The van der Waals surface area contributed by atoms with Gasteiger partial charge in [0.2, 0.25) is 0 Å². The highest BCUT2D eigenvalue weighted by Crippen LogP contribution is 2.48. The molecule has 0 spiro atoms. The summed E-state index contributed by atoms with van der Waals surface area (Å²) in [6, 6.07) is 5.56. The third-order valence-electron chi connectivity index (χ3n) is 6.72. The molecule has 2 aromatic rings. The van der Waals surface area contributed by atoms with Crippen molar-refractivity contribution in [1.82, 2.24) is 15.6 Å². The monoisotopic (exact) mass is 547 g/mol. The van der Waals surface area contributed by atoms with Gasteiger partial charge in [-0.25, -0.2) is 13.8 Å². The Balaban J connectivity index is 1.26. The van der Waals surface area contributed by atoms with Crippen molar-refractivity contribution in [1.29, 1.82) is 0 Å². The van der Waals surface area contributed by atoms with Crippen LogP contribution in [0.5, 0.6) is 11.5 Å². The molecule has 1 aromatic heterocycles. The number of amides is 2. The second kappa shape index (κ2) is 10.3. The van der Waals surface area contributed by atoms with E-state index in [-0.39, 0.29) is 35.8 Å². The molecule has 0 aliphatic heterocycles. The SMILES string of the molecule is O=C(COc1ccc(Cl)c(F)c1)NC12CCC(NC(=O)COc3ccc(C(F)(F)F)nc3)(CC1)C(F)C2. The molecular weight excluding hydrogens is 525 g/mol. The molecule has 2 amide bonds. The minimum absolute atomic E-state index is 0.0156. The normalized spacial score (nSPS) is 24.9. The molecule has 3 aliphatic carbocycles. The molecule has 200 valence electrons. The number of hydrogen-bond acceptors (Lipinski definition) is 5. The van der Waals surface area contributed by atoms with Gasteiger partial charge in [-0.05, 0) is 49.9 Å². The van der Waals surface area contributed by atoms with Gasteiger partial charge in [-0.2, -0.15) is 13.2 Å². The Hall–Kier alpha value is -3.15. The maximum atomic E-state index is 15.2. The third kappa shape index (κ3) is 6.23. The first kappa shape index (κ1) is 26.9. The summed E-state index contributed by atoms with van der Waals surface area (Å²) in [4.78, 5) is 28.1. The Morgan fingerprint density at radius 3 is 2.19 bits per heavy atom. The molecule has 1 atom stereocenters. The number of rotatable bonds is 8. The topological polar surface area (TPSA) is 89.6 Å². The number of ether oxygens (including phenoxy) is 2. The fraction of sp³-hybridized carbons (Fsp3) is 0.458. The minimum atomic E-state index is -4.59. The molecule has 3 saturated carbocycles. The molecule has 7 nitrogen and oxygen atoms in total. The number of hydrogen-bond donors (Lipinski definition) is 2. The third-order valence-corrected chi connectivity index (χ3v) is 7.03. The van der Waals surface area contributed by atoms with Crippen LogP contribution in [0.3, 0.4) is 0 Å². The molecule has 3 aliphatic rings. The molecule has 3 fully saturated rings. The van der Waals surface area contributed by atoms with Crippen molar-refractivity contribution in [2.75, 3.05) is 13.2 Å². The number of nitrogens with one attached hydrogen (secondary N) is 2. The number of carbonyl (C=O) groups is 2. The largest absolute Gasteiger partial charge is 0.484 e. The van der Waals surface area contributed by atoms with Gasteiger partial charge in [-0.1, -0.05) is 11.6 Å². The summed E-state index contributed by atoms with van der Waals surface area (Å²) in [7, 11) is 0. The van der Waals surface area contributed by atoms with E-state index >= 15 is 4.39 Å². The summed E-state index contributed by atoms with van der Waals surface area (Å²) in [6.45, 7) is -0.913. The van der Waals surface area contributed by atoms with Crippen LogP contribution in [-0.2, 0) is 15.8 Å². The summed E-state index contributed by atoms with van der Waals surface area (Å²) in [6.07, 6.45) is -3.83. The van der Waals surface area contributed by atoms with Crippen LogP contribution in [-0.4, -0.2) is 47.3 Å². The van der Waals surface area contributed by atoms with Crippen LogP contribution in [0.15, 0.2) is 36.5 Å². The summed E-state index contributed by atoms with van der Waals surface area (Å²) >= 11 is 5.62. The van der Waals surface area contributed by atoms with Gasteiger partial charge in [-0.3, -0.25) is 9.59 Å². The Morgan fingerprint density at radius 1 is 1.00 bits per heavy atom. The van der Waals surface area contributed by atoms with Gasteiger partial charge in [0.25, 0.3) is 11.8 Å². The first-order chi connectivity index (χ1) is 17.4. The van der Waals surface area contributed by atoms with E-state index in [1.54, 1.807) is 0 Å². The molecule has 13 heteroatoms. The molecule has 37 heavy (non-hydrogen) atoms. The van der Waals surface area contributed by atoms with Crippen molar-refractivity contribution >= 4 is 23.4 Å². The van der Waals surface area contributed by atoms with Gasteiger partial charge >= 0.3 is 6.18 Å². The summed E-state index contributed by atoms with van der Waals surface area (Å²) in [5.74, 6) is -1.70. The Kier molecular flexibility index (Phi) is 7.50. The van der Waals surface area contributed by atoms with Crippen LogP contribution in [0.25, 0.3) is 0 Å². The van der Waals surface area contributed by atoms with E-state index in [0.717, 1.165) is 24.4 Å². The number of fused-ring (bicyclic) bond motifs is 3. The van der Waals surface area contributed by atoms with Gasteiger partial charge in [0.05, 0.1) is 16.8 Å². The van der Waals surface area contributed by atoms with Crippen LogP contribution in [0.1, 0.15) is 37.8 Å². The first-order valence-electron chi connectivity index (χ1n) is 11.4. The number of halogens is 6. The number of carbonyl (C=O) groups excluding carboxylic acids is 2. The predicted molar refractivity (Wildman–Crippen MR) is 121 cm³/mol. The first-order valence-corrected chi connectivity index (χ1v) is 11.8. The Bertz CT molecular complexity index is 1150. The molecule has 0 saturated heterocycles. The van der Waals surface area contributed by atoms with Crippen molar-refractivity contribution in [3.63, 3.8) is 0 Å². The number of nitrogens with zero attached hydrogens (tertiary/aromatic N) is 1. The Morgan fingerprint density at radius 2 is 1.62 bits per heavy atom. The van der Waals surface area contributed by atoms with E-state index in [4.69, 9.17) is 21.1 Å². The van der Waals surface area contributed by atoms with Gasteiger partial charge < -0.3 is 20.1 Å². The zero-order valence-electron chi connectivity index (χ0n) is 19.3. The smallest absolute Gasteiger partial charge is 0.433 e. The second-order valence-corrected chi connectivity index (χ2v) is 9.64. The molecule has 2 N–H and O–H groups in total. The van der Waals surface area contributed by atoms with Gasteiger partial charge in [0, 0.05) is 18.0 Å². The molecule has 2 bridgehead atoms. The predicted octanol–water partition coefficient (Wildman–Crippen LogP) is 4.38. The maximum Gasteiger partial charge on any atom is 0.433 e. The standard InChI is InChI=1S/C24H23ClF5N3O4/c25-16-3-1-14(9-17(16)26)36-12-20(34)32-22-5-7-23(8-6-22,18(27)10-22)33-21(35)13-37-15-2-4-19(31-11-15)24(28,29)30/h1-4,9,11,18H,5-8,10,12-13H2,(H,32,34)(H,33,35). The highest BCUT2D eigenvalue weighted by atomic mass is 35.5. The van der Waals surface area contributed by atoms with E-state index in [9.17, 15) is 27.2 Å². The number of pyridine rings is 1. The quantitative estimate of drug-likeness (QED) is 0.479. The van der Waals surface area contributed by atoms with E-state index in [0.29, 0.717) is 12.8 Å². The molecule has 5 rings (SSSR count). The second-order valence-electron chi connectivity index (χ2n) is 9.23. The summed E-state index contributed by atoms with van der Waals surface area (Å²) in [5, 5.41) is 5.43. The number of alkyl halides is 4. The van der Waals surface area contributed by atoms with Crippen molar-refractivity contribution in [2.24, 2.45) is 0 Å². The van der Waals surface area contributed by atoms with E-state index in [1.165, 1.54) is 12.1 Å². The summed E-state index contributed by atoms with van der Waals surface area (Å²) in [5.41, 5.74) is -3.00. The van der Waals surface area contributed by atoms with Gasteiger partial charge in [0.1, 0.15) is 29.2 Å². The molecule has 1 unspecified atom stereocenters. The molecule has 0 radical (unpaired) electrons. The molecule has 1 heterocycles. The van der Waals surface area contributed by atoms with Crippen LogP contribution in [0, 0.1) is 5.82 Å². The maximum absolute atomic E-state index is 15.2. The molecule has 1 aromatic carbocycles. The van der Waals surface area contributed by atoms with Crippen LogP contribution < -0.4 is 20.1 Å². The van der Waals surface area contributed by atoms with Crippen LogP contribution in [0.4, 0.5) is 22.0 Å². The lowest BCUT2D eigenvalue weighted by atomic mass is 9.60. The van der Waals surface area contributed by atoms with Gasteiger partial charge in [-0.15, -0.1) is 0 Å². The van der Waals surface area contributed by atoms with Crippen LogP contribution >= 0.6 is 11.6 Å². The minimum Gasteiger partial charge on any atom is -0.484 e. The summed E-state index contributed by atoms with van der Waals surface area (Å²) < 4.78 is 77.0. The lowest BCUT2D eigenvalue weighted by molar-refractivity contribution is -0.141. The zero-order chi connectivity index (χ0) is 26.8. The lowest BCUT2D eigenvalue weighted by Gasteiger charge is -2.55. The lowest BCUT2D eigenvalue weighted by Crippen LogP contribution is -2.69. The van der Waals surface area contributed by atoms with Crippen molar-refractivity contribution in [3.8, 4) is 11.5 Å². The average molecular weight is 548 g/mol. The fourth-order valence-electron chi connectivity index (χ4n) is 4.75. The number of aromatic nitrogens is 1. The zero-order valence-corrected chi connectivity index (χ0v) is 20.1. The van der Waals surface area contributed by atoms with Crippen molar-refractivity contribution in [2.45, 2.75) is 55.5 Å². The fourth-order valence-corrected chi connectivity index (χ4v) is 4.87. The van der Waals surface area contributed by atoms with E-state index < -0.39 is 60.0 Å². The number of benzene rings is 1.